The summed E-state index contributed by atoms with van der Waals surface area (Å²) in [5, 5.41) is 16.0. The van der Waals surface area contributed by atoms with Gasteiger partial charge in [0.1, 0.15) is 33.5 Å². The highest BCUT2D eigenvalue weighted by Gasteiger charge is 2.22. The van der Waals surface area contributed by atoms with Gasteiger partial charge in [0.15, 0.2) is 52.4 Å². The maximum absolute atomic E-state index is 6.16. The van der Waals surface area contributed by atoms with Crippen molar-refractivity contribution in [2.75, 3.05) is 0 Å². The van der Waals surface area contributed by atoms with Crippen molar-refractivity contribution in [2.45, 2.75) is 0 Å². The fraction of sp³-hybridized carbons (Fsp3) is 0. The molecule has 622 valence electrons. The molecule has 0 bridgehead atoms. The molecule has 0 amide bonds. The first-order valence-electron chi connectivity index (χ1n) is 44.3. The van der Waals surface area contributed by atoms with Gasteiger partial charge in [-0.1, -0.05) is 376 Å². The van der Waals surface area contributed by atoms with Gasteiger partial charge in [0.05, 0.1) is 0 Å². The summed E-state index contributed by atoms with van der Waals surface area (Å²) < 4.78 is 18.4. The molecule has 0 aliphatic rings. The van der Waals surface area contributed by atoms with Crippen LogP contribution >= 0.6 is 0 Å². The number of para-hydroxylation sites is 3. The van der Waals surface area contributed by atoms with Crippen molar-refractivity contribution in [2.24, 2.45) is 0 Å². The van der Waals surface area contributed by atoms with Crippen LogP contribution in [0.25, 0.3) is 256 Å². The minimum Gasteiger partial charge on any atom is -0.456 e. The molecule has 12 nitrogen and oxygen atoms in total. The molecule has 0 unspecified atom stereocenters. The molecule has 0 saturated heterocycles. The molecule has 0 fully saturated rings. The quantitative estimate of drug-likeness (QED) is 0.108. The van der Waals surface area contributed by atoms with Gasteiger partial charge in [0.2, 0.25) is 0 Å². The van der Waals surface area contributed by atoms with Gasteiger partial charge in [-0.3, -0.25) is 0 Å². The number of fused-ring (bicyclic) bond motifs is 13. The topological polar surface area (TPSA) is 155 Å². The molecule has 0 saturated carbocycles. The smallest absolute Gasteiger partial charge is 0.164 e. The summed E-state index contributed by atoms with van der Waals surface area (Å²) in [4.78, 5) is 44.4. The Balaban J connectivity index is 0.000000110. The van der Waals surface area contributed by atoms with Gasteiger partial charge in [0.25, 0.3) is 0 Å². The van der Waals surface area contributed by atoms with E-state index in [1.807, 2.05) is 182 Å². The predicted octanol–water partition coefficient (Wildman–Crippen LogP) is 31.6. The first kappa shape index (κ1) is 78.4. The van der Waals surface area contributed by atoms with Crippen LogP contribution < -0.4 is 0 Å². The standard InChI is InChI=1S/C43H27N3O.C41H25N3O.C37H23N3O/c1-3-10-28(11-4-1)29-18-20-31(21-19-29)42-44-41(30-12-5-2-6-13-30)45-43(46-42)35-25-23-32-26-34(24-22-33(32)27-35)36-15-9-17-39-40(36)37-14-7-8-16-38(37)47-39;1-2-10-27(11-3-1)39-42-40(32-21-17-26-9-4-5-12-28(26)24-32)44-41(43-39)33-22-19-29-23-31(20-18-30(29)25-33)34-14-8-16-37-38(34)35-13-6-7-15-36(35)45-37;1-3-10-24(11-4-1)35-38-36(25-12-5-2-6-13-25)40-37(39-35)29-21-19-26-22-28(20-18-27(26)23-29)30-15-9-17-33-34(30)31-14-7-8-16-32(31)41-33/h1-27H;1-25H;1-23H. The largest absolute Gasteiger partial charge is 0.456 e. The van der Waals surface area contributed by atoms with E-state index in [9.17, 15) is 0 Å². The molecule has 133 heavy (non-hydrogen) atoms. The average molecular weight is 1700 g/mol. The summed E-state index contributed by atoms with van der Waals surface area (Å²) >= 11 is 0. The van der Waals surface area contributed by atoms with E-state index in [0.29, 0.717) is 52.4 Å². The van der Waals surface area contributed by atoms with Crippen molar-refractivity contribution in [3.8, 4) is 147 Å². The minimum atomic E-state index is 0.640. The van der Waals surface area contributed by atoms with Crippen molar-refractivity contribution < 1.29 is 13.3 Å². The van der Waals surface area contributed by atoms with E-state index in [-0.39, 0.29) is 0 Å². The van der Waals surface area contributed by atoms with E-state index in [2.05, 4.69) is 273 Å². The molecule has 0 atom stereocenters. The van der Waals surface area contributed by atoms with Crippen molar-refractivity contribution >= 4 is 109 Å². The lowest BCUT2D eigenvalue weighted by atomic mass is 9.96. The van der Waals surface area contributed by atoms with Gasteiger partial charge in [-0.05, 0) is 166 Å². The lowest BCUT2D eigenvalue weighted by Crippen LogP contribution is -2.00. The van der Waals surface area contributed by atoms with Crippen LogP contribution in [0.1, 0.15) is 0 Å². The van der Waals surface area contributed by atoms with Crippen LogP contribution in [0.3, 0.4) is 0 Å². The van der Waals surface area contributed by atoms with Crippen molar-refractivity contribution in [1.82, 2.24) is 44.9 Å². The van der Waals surface area contributed by atoms with Crippen molar-refractivity contribution in [3.05, 3.63) is 455 Å². The van der Waals surface area contributed by atoms with E-state index in [1.54, 1.807) is 0 Å². The number of aromatic nitrogens is 9. The molecular formula is C121H75N9O3. The second-order valence-electron chi connectivity index (χ2n) is 33.0. The molecule has 6 heterocycles. The maximum Gasteiger partial charge on any atom is 0.164 e. The Morgan fingerprint density at radius 2 is 0.308 bits per heavy atom. The fourth-order valence-corrected chi connectivity index (χ4v) is 18.1. The van der Waals surface area contributed by atoms with E-state index < -0.39 is 0 Å². The van der Waals surface area contributed by atoms with Gasteiger partial charge in [-0.2, -0.15) is 0 Å². The number of hydrogen-bond donors (Lipinski definition) is 0. The van der Waals surface area contributed by atoms with Gasteiger partial charge in [-0.15, -0.1) is 0 Å². The zero-order chi connectivity index (χ0) is 88.1. The number of nitrogens with zero attached hydrogens (tertiary/aromatic N) is 9. The van der Waals surface area contributed by atoms with Crippen LogP contribution in [-0.2, 0) is 0 Å². The summed E-state index contributed by atoms with van der Waals surface area (Å²) in [6.07, 6.45) is 0. The minimum absolute atomic E-state index is 0.640. The number of benzene rings is 20. The zero-order valence-corrected chi connectivity index (χ0v) is 71.6. The first-order chi connectivity index (χ1) is 65.8. The molecule has 0 aliphatic carbocycles. The second kappa shape index (κ2) is 33.9. The highest BCUT2D eigenvalue weighted by Crippen LogP contribution is 2.44. The van der Waals surface area contributed by atoms with Crippen LogP contribution in [-0.4, -0.2) is 44.9 Å². The third-order valence-corrected chi connectivity index (χ3v) is 24.7. The molecule has 26 rings (SSSR count). The Morgan fingerprint density at radius 1 is 0.120 bits per heavy atom. The lowest BCUT2D eigenvalue weighted by molar-refractivity contribution is 0.668. The van der Waals surface area contributed by atoms with E-state index in [1.165, 1.54) is 10.9 Å². The van der Waals surface area contributed by atoms with Crippen molar-refractivity contribution in [3.63, 3.8) is 0 Å². The third-order valence-electron chi connectivity index (χ3n) is 24.7. The number of rotatable bonds is 13. The summed E-state index contributed by atoms with van der Waals surface area (Å²) in [6.45, 7) is 0. The number of furan rings is 3. The second-order valence-corrected chi connectivity index (χ2v) is 33.0. The first-order valence-corrected chi connectivity index (χ1v) is 44.3. The highest BCUT2D eigenvalue weighted by atomic mass is 16.3. The molecule has 0 aliphatic heterocycles. The van der Waals surface area contributed by atoms with Crippen LogP contribution in [0.2, 0.25) is 0 Å². The zero-order valence-electron chi connectivity index (χ0n) is 71.6. The van der Waals surface area contributed by atoms with E-state index in [0.717, 1.165) is 193 Å². The Bertz CT molecular complexity index is 8900. The monoisotopic (exact) mass is 1700 g/mol. The highest BCUT2D eigenvalue weighted by molar-refractivity contribution is 6.16. The van der Waals surface area contributed by atoms with Crippen molar-refractivity contribution in [1.29, 1.82) is 0 Å². The molecule has 6 aromatic heterocycles. The summed E-state index contributed by atoms with van der Waals surface area (Å²) in [5.74, 6) is 5.85. The molecule has 0 radical (unpaired) electrons. The maximum atomic E-state index is 6.16. The fourth-order valence-electron chi connectivity index (χ4n) is 18.1. The molecule has 0 spiro atoms. The third kappa shape index (κ3) is 15.3. The van der Waals surface area contributed by atoms with Crippen LogP contribution in [0, 0.1) is 0 Å². The van der Waals surface area contributed by atoms with Crippen LogP contribution in [0.5, 0.6) is 0 Å². The Morgan fingerprint density at radius 3 is 0.609 bits per heavy atom. The van der Waals surface area contributed by atoms with Crippen LogP contribution in [0.15, 0.2) is 468 Å². The average Bonchev–Trinajstić information content (AvgIpc) is 1.65. The molecule has 0 N–H and O–H groups in total. The van der Waals surface area contributed by atoms with Gasteiger partial charge in [-0.25, -0.2) is 44.9 Å². The molecule has 12 heteroatoms. The normalized spacial score (nSPS) is 11.5. The SMILES string of the molecule is c1ccc(-c2ccc(-c3nc(-c4ccccc4)nc(-c4ccc5cc(-c6cccc7oc8ccccc8c67)ccc5c4)n3)cc2)cc1.c1ccc(-c2nc(-c3ccc4ccccc4c3)nc(-c3ccc4cc(-c5cccc6oc7ccccc7c56)ccc4c3)n2)cc1.c1ccc(-c2nc(-c3ccccc3)nc(-c3ccc4cc(-c5cccc6oc7ccccc7c56)ccc4c3)n2)cc1. The van der Waals surface area contributed by atoms with Gasteiger partial charge in [0, 0.05) is 82.4 Å². The molecule has 20 aromatic carbocycles. The van der Waals surface area contributed by atoms with Gasteiger partial charge < -0.3 is 13.3 Å². The van der Waals surface area contributed by atoms with E-state index >= 15 is 0 Å². The predicted molar refractivity (Wildman–Crippen MR) is 542 cm³/mol. The summed E-state index contributed by atoms with van der Waals surface area (Å²) in [5.41, 5.74) is 23.2. The summed E-state index contributed by atoms with van der Waals surface area (Å²) in [6, 6.07) is 156. The summed E-state index contributed by atoms with van der Waals surface area (Å²) in [7, 11) is 0. The number of hydrogen-bond acceptors (Lipinski definition) is 12. The Kier molecular flexibility index (Phi) is 20.0. The Hall–Kier alpha value is -18.1. The Labute approximate surface area is 763 Å². The lowest BCUT2D eigenvalue weighted by Gasteiger charge is -2.10. The molecule has 26 aromatic rings. The van der Waals surface area contributed by atoms with E-state index in [4.69, 9.17) is 58.1 Å². The molecular weight excluding hydrogens is 1630 g/mol. The van der Waals surface area contributed by atoms with Crippen LogP contribution in [0.4, 0.5) is 0 Å². The van der Waals surface area contributed by atoms with Gasteiger partial charge >= 0.3 is 0 Å².